The molecule has 0 radical (unpaired) electrons. The second-order valence-electron chi connectivity index (χ2n) is 7.09. The second-order valence-corrected chi connectivity index (χ2v) is 8.15. The van der Waals surface area contributed by atoms with E-state index in [9.17, 15) is 4.79 Å². The fraction of sp³-hybridized carbons (Fsp3) is 0.273. The Morgan fingerprint density at radius 3 is 2.84 bits per heavy atom. The highest BCUT2D eigenvalue weighted by Gasteiger charge is 2.35. The van der Waals surface area contributed by atoms with Crippen molar-refractivity contribution in [2.75, 3.05) is 17.4 Å². The molecule has 2 aliphatic rings. The van der Waals surface area contributed by atoms with Gasteiger partial charge in [0.05, 0.1) is 5.69 Å². The number of nitrogens with zero attached hydrogens (tertiary/aromatic N) is 4. The zero-order valence-electron chi connectivity index (χ0n) is 17.1. The van der Waals surface area contributed by atoms with Gasteiger partial charge >= 0.3 is 0 Å². The van der Waals surface area contributed by atoms with Crippen molar-refractivity contribution < 1.29 is 19.0 Å². The molecule has 0 saturated heterocycles. The summed E-state index contributed by atoms with van der Waals surface area (Å²) in [6, 6.07) is 13.0. The van der Waals surface area contributed by atoms with Crippen molar-refractivity contribution in [3.63, 3.8) is 0 Å². The van der Waals surface area contributed by atoms with E-state index in [2.05, 4.69) is 22.1 Å². The number of aromatic nitrogens is 3. The van der Waals surface area contributed by atoms with Crippen LogP contribution in [0.3, 0.4) is 0 Å². The maximum Gasteiger partial charge on any atom is 0.247 e. The highest BCUT2D eigenvalue weighted by Crippen LogP contribution is 2.44. The first-order chi connectivity index (χ1) is 15.2. The zero-order chi connectivity index (χ0) is 21.4. The molecule has 0 bridgehead atoms. The first-order valence-electron chi connectivity index (χ1n) is 9.98. The fourth-order valence-corrected chi connectivity index (χ4v) is 4.22. The van der Waals surface area contributed by atoms with Crippen molar-refractivity contribution in [2.24, 2.45) is 0 Å². The van der Waals surface area contributed by atoms with Gasteiger partial charge in [0.2, 0.25) is 30.0 Å². The minimum atomic E-state index is -0.755. The zero-order valence-corrected chi connectivity index (χ0v) is 17.9. The van der Waals surface area contributed by atoms with Crippen LogP contribution in [0.4, 0.5) is 5.69 Å². The van der Waals surface area contributed by atoms with Gasteiger partial charge in [0.1, 0.15) is 0 Å². The number of anilines is 1. The van der Waals surface area contributed by atoms with Crippen LogP contribution in [0.5, 0.6) is 17.4 Å². The third-order valence-corrected chi connectivity index (χ3v) is 6.01. The van der Waals surface area contributed by atoms with Crippen LogP contribution in [-0.4, -0.2) is 33.6 Å². The van der Waals surface area contributed by atoms with Gasteiger partial charge in [0.25, 0.3) is 0 Å². The third-order valence-electron chi connectivity index (χ3n) is 4.97. The van der Waals surface area contributed by atoms with E-state index in [1.54, 1.807) is 4.90 Å². The Hall–Kier alpha value is -3.33. The van der Waals surface area contributed by atoms with E-state index in [0.717, 1.165) is 23.3 Å². The van der Waals surface area contributed by atoms with E-state index in [-0.39, 0.29) is 12.7 Å². The number of benzene rings is 2. The van der Waals surface area contributed by atoms with Crippen LogP contribution in [0.25, 0.3) is 11.3 Å². The predicted molar refractivity (Wildman–Crippen MR) is 115 cm³/mol. The van der Waals surface area contributed by atoms with Crippen molar-refractivity contribution in [1.82, 2.24) is 15.2 Å². The number of rotatable bonds is 4. The quantitative estimate of drug-likeness (QED) is 0.562. The van der Waals surface area contributed by atoms with Gasteiger partial charge < -0.3 is 14.2 Å². The van der Waals surface area contributed by atoms with Gasteiger partial charge in [-0.2, -0.15) is 4.98 Å². The Balaban J connectivity index is 1.67. The molecule has 8 nitrogen and oxygen atoms in total. The largest absolute Gasteiger partial charge is 0.454 e. The van der Waals surface area contributed by atoms with E-state index in [4.69, 9.17) is 14.2 Å². The summed E-state index contributed by atoms with van der Waals surface area (Å²) in [5.41, 5.74) is 2.67. The van der Waals surface area contributed by atoms with Gasteiger partial charge in [-0.05, 0) is 30.7 Å². The van der Waals surface area contributed by atoms with Crippen LogP contribution < -0.4 is 19.1 Å². The van der Waals surface area contributed by atoms with Gasteiger partial charge in [-0.25, -0.2) is 0 Å². The summed E-state index contributed by atoms with van der Waals surface area (Å²) in [6.07, 6.45) is 0.238. The molecular weight excluding hydrogens is 416 g/mol. The molecule has 3 aromatic rings. The van der Waals surface area contributed by atoms with E-state index < -0.39 is 6.23 Å². The normalized spacial score (nSPS) is 16.2. The molecule has 31 heavy (non-hydrogen) atoms. The van der Waals surface area contributed by atoms with Gasteiger partial charge in [-0.15, -0.1) is 10.2 Å². The summed E-state index contributed by atoms with van der Waals surface area (Å²) in [7, 11) is 0. The van der Waals surface area contributed by atoms with Crippen LogP contribution in [-0.2, 0) is 4.79 Å². The first kappa shape index (κ1) is 19.6. The number of fused-ring (bicyclic) bond motifs is 4. The van der Waals surface area contributed by atoms with E-state index in [1.807, 2.05) is 42.5 Å². The van der Waals surface area contributed by atoms with E-state index >= 15 is 0 Å². The molecular formula is C22H20N4O4S. The molecule has 0 saturated carbocycles. The maximum atomic E-state index is 12.8. The lowest BCUT2D eigenvalue weighted by molar-refractivity contribution is -0.118. The molecule has 2 aromatic carbocycles. The molecule has 1 atom stereocenters. The number of thioether (sulfide) groups is 1. The fourth-order valence-electron chi connectivity index (χ4n) is 3.59. The lowest BCUT2D eigenvalue weighted by Crippen LogP contribution is -2.36. The van der Waals surface area contributed by atoms with Crippen molar-refractivity contribution in [1.29, 1.82) is 0 Å². The molecule has 3 heterocycles. The standard InChI is InChI=1S/C22H20N4O4S/c1-3-10-31-22-23-20-19(24-25-22)15-6-4-5-7-16(15)26(13(2)27)21(30-20)14-8-9-17-18(11-14)29-12-28-17/h4-9,11,21H,3,10,12H2,1-2H3/t21-/m0/s1. The van der Waals surface area contributed by atoms with Gasteiger partial charge in [-0.3, -0.25) is 9.69 Å². The Kier molecular flexibility index (Phi) is 5.11. The minimum Gasteiger partial charge on any atom is -0.454 e. The highest BCUT2D eigenvalue weighted by molar-refractivity contribution is 7.99. The van der Waals surface area contributed by atoms with Crippen molar-refractivity contribution in [2.45, 2.75) is 31.7 Å². The first-order valence-corrected chi connectivity index (χ1v) is 11.0. The van der Waals surface area contributed by atoms with Crippen molar-refractivity contribution >= 4 is 23.4 Å². The summed E-state index contributed by atoms with van der Waals surface area (Å²) in [5.74, 6) is 2.32. The van der Waals surface area contributed by atoms with Gasteiger partial charge in [0, 0.05) is 23.8 Å². The Morgan fingerprint density at radius 2 is 2.00 bits per heavy atom. The lowest BCUT2D eigenvalue weighted by Gasteiger charge is -2.29. The molecule has 0 N–H and O–H groups in total. The minimum absolute atomic E-state index is 0.168. The average molecular weight is 436 g/mol. The number of carbonyl (C=O) groups excluding carboxylic acids is 1. The SMILES string of the molecule is CCCSc1nnc2c(n1)O[C@@H](c1ccc3c(c1)OCO3)N(C(C)=O)c1ccccc1-2. The average Bonchev–Trinajstić information content (AvgIpc) is 3.19. The summed E-state index contributed by atoms with van der Waals surface area (Å²) in [6.45, 7) is 3.77. The summed E-state index contributed by atoms with van der Waals surface area (Å²) < 4.78 is 17.3. The number of amides is 1. The molecule has 158 valence electrons. The predicted octanol–water partition coefficient (Wildman–Crippen LogP) is 4.21. The monoisotopic (exact) mass is 436 g/mol. The number of hydrogen-bond donors (Lipinski definition) is 0. The van der Waals surface area contributed by atoms with Crippen LogP contribution in [0, 0.1) is 0 Å². The summed E-state index contributed by atoms with van der Waals surface area (Å²) >= 11 is 1.52. The molecule has 0 spiro atoms. The van der Waals surface area contributed by atoms with E-state index in [0.29, 0.717) is 33.9 Å². The topological polar surface area (TPSA) is 86.7 Å². The molecule has 9 heteroatoms. The molecule has 5 rings (SSSR count). The number of para-hydroxylation sites is 1. The van der Waals surface area contributed by atoms with Gasteiger partial charge in [-0.1, -0.05) is 36.9 Å². The number of hydrogen-bond acceptors (Lipinski definition) is 8. The number of ether oxygens (including phenoxy) is 3. The molecule has 0 aliphatic carbocycles. The molecule has 1 amide bonds. The van der Waals surface area contributed by atoms with Crippen molar-refractivity contribution in [3.8, 4) is 28.6 Å². The molecule has 2 aliphatic heterocycles. The smallest absolute Gasteiger partial charge is 0.247 e. The Bertz CT molecular complexity index is 1160. The second kappa shape index (κ2) is 8.07. The Labute approximate surface area is 183 Å². The number of carbonyl (C=O) groups is 1. The van der Waals surface area contributed by atoms with Crippen LogP contribution >= 0.6 is 11.8 Å². The van der Waals surface area contributed by atoms with E-state index in [1.165, 1.54) is 18.7 Å². The highest BCUT2D eigenvalue weighted by atomic mass is 32.2. The molecule has 0 unspecified atom stereocenters. The molecule has 0 fully saturated rings. The van der Waals surface area contributed by atoms with Crippen molar-refractivity contribution in [3.05, 3.63) is 48.0 Å². The molecule has 1 aromatic heterocycles. The van der Waals surface area contributed by atoms with Gasteiger partial charge in [0.15, 0.2) is 17.2 Å². The van der Waals surface area contributed by atoms with Crippen LogP contribution in [0.2, 0.25) is 0 Å². The Morgan fingerprint density at radius 1 is 1.16 bits per heavy atom. The lowest BCUT2D eigenvalue weighted by atomic mass is 10.1. The summed E-state index contributed by atoms with van der Waals surface area (Å²) in [4.78, 5) is 19.1. The summed E-state index contributed by atoms with van der Waals surface area (Å²) in [5, 5.41) is 9.22. The maximum absolute atomic E-state index is 12.8. The van der Waals surface area contributed by atoms with Crippen LogP contribution in [0.1, 0.15) is 32.1 Å². The third kappa shape index (κ3) is 3.54. The van der Waals surface area contributed by atoms with Crippen LogP contribution in [0.15, 0.2) is 47.6 Å².